The van der Waals surface area contributed by atoms with Crippen LogP contribution in [0.2, 0.25) is 5.02 Å². The summed E-state index contributed by atoms with van der Waals surface area (Å²) in [4.78, 5) is 12.7. The number of benzene rings is 1. The van der Waals surface area contributed by atoms with Crippen molar-refractivity contribution in [2.75, 3.05) is 4.90 Å². The van der Waals surface area contributed by atoms with Crippen molar-refractivity contribution >= 4 is 23.3 Å². The summed E-state index contributed by atoms with van der Waals surface area (Å²) in [5.41, 5.74) is -1.60. The molecule has 118 valence electrons. The molecule has 0 unspecified atom stereocenters. The van der Waals surface area contributed by atoms with Gasteiger partial charge in [0.05, 0.1) is 5.69 Å². The molecular weight excluding hydrogens is 326 g/mol. The Labute approximate surface area is 128 Å². The molecule has 2 rings (SSSR count). The van der Waals surface area contributed by atoms with Gasteiger partial charge in [-0.1, -0.05) is 18.2 Å². The van der Waals surface area contributed by atoms with E-state index >= 15 is 0 Å². The Hall–Kier alpha value is -2.06. The van der Waals surface area contributed by atoms with E-state index in [0.717, 1.165) is 6.07 Å². The zero-order valence-corrected chi connectivity index (χ0v) is 12.0. The van der Waals surface area contributed by atoms with Gasteiger partial charge in [-0.25, -0.2) is 20.0 Å². The standard InChI is InChI=1S/C13H10ClF4N3O/c1-6-3-10(9(15)5-8(6)14)20-7(2)4-11(13(16,17)18)21(19)12(20)22/h3-5H,2,19H2,1H3. The van der Waals surface area contributed by atoms with Gasteiger partial charge in [-0.05, 0) is 30.7 Å². The van der Waals surface area contributed by atoms with E-state index in [2.05, 4.69) is 6.58 Å². The maximum Gasteiger partial charge on any atom is 0.433 e. The Balaban J connectivity index is 2.55. The van der Waals surface area contributed by atoms with Crippen LogP contribution in [-0.4, -0.2) is 17.2 Å². The lowest BCUT2D eigenvalue weighted by Gasteiger charge is -2.34. The second kappa shape index (κ2) is 5.29. The van der Waals surface area contributed by atoms with Gasteiger partial charge < -0.3 is 0 Å². The molecule has 1 aromatic rings. The maximum atomic E-state index is 14.0. The number of halogens is 5. The number of alkyl halides is 3. The lowest BCUT2D eigenvalue weighted by Crippen LogP contribution is -2.52. The predicted molar refractivity (Wildman–Crippen MR) is 73.3 cm³/mol. The first-order chi connectivity index (χ1) is 10.0. The number of aryl methyl sites for hydroxylation is 1. The largest absolute Gasteiger partial charge is 0.433 e. The molecule has 2 N–H and O–H groups in total. The first kappa shape index (κ1) is 16.3. The van der Waals surface area contributed by atoms with Crippen molar-refractivity contribution in [3.05, 3.63) is 52.6 Å². The number of hydrogen-bond acceptors (Lipinski definition) is 2. The zero-order valence-electron chi connectivity index (χ0n) is 11.2. The third kappa shape index (κ3) is 2.67. The number of rotatable bonds is 1. The molecule has 1 heterocycles. The molecule has 1 aliphatic heterocycles. The number of urea groups is 1. The first-order valence-corrected chi connectivity index (χ1v) is 6.24. The highest BCUT2D eigenvalue weighted by molar-refractivity contribution is 6.31. The van der Waals surface area contributed by atoms with E-state index in [1.54, 1.807) is 6.92 Å². The molecule has 0 fully saturated rings. The highest BCUT2D eigenvalue weighted by atomic mass is 35.5. The quantitative estimate of drug-likeness (QED) is 0.481. The van der Waals surface area contributed by atoms with Gasteiger partial charge in [-0.3, -0.25) is 4.90 Å². The van der Waals surface area contributed by atoms with Crippen molar-refractivity contribution in [3.8, 4) is 0 Å². The number of hydrogen-bond donors (Lipinski definition) is 1. The average Bonchev–Trinajstić information content (AvgIpc) is 2.38. The molecule has 2 amide bonds. The second-order valence-electron chi connectivity index (χ2n) is 4.56. The van der Waals surface area contributed by atoms with Crippen LogP contribution in [-0.2, 0) is 0 Å². The van der Waals surface area contributed by atoms with E-state index in [0.29, 0.717) is 16.5 Å². The van der Waals surface area contributed by atoms with Gasteiger partial charge in [0, 0.05) is 10.7 Å². The monoisotopic (exact) mass is 335 g/mol. The summed E-state index contributed by atoms with van der Waals surface area (Å²) in [5.74, 6) is 4.29. The summed E-state index contributed by atoms with van der Waals surface area (Å²) >= 11 is 5.75. The van der Waals surface area contributed by atoms with Crippen molar-refractivity contribution < 1.29 is 22.4 Å². The number of anilines is 1. The van der Waals surface area contributed by atoms with Gasteiger partial charge in [-0.2, -0.15) is 13.2 Å². The van der Waals surface area contributed by atoms with Gasteiger partial charge >= 0.3 is 12.2 Å². The van der Waals surface area contributed by atoms with Gasteiger partial charge in [-0.15, -0.1) is 0 Å². The van der Waals surface area contributed by atoms with Crippen molar-refractivity contribution in [1.29, 1.82) is 0 Å². The number of hydrazine groups is 1. The summed E-state index contributed by atoms with van der Waals surface area (Å²) in [6.07, 6.45) is -4.28. The molecule has 1 aliphatic rings. The molecule has 0 saturated heterocycles. The fraction of sp³-hybridized carbons (Fsp3) is 0.154. The van der Waals surface area contributed by atoms with E-state index in [1.165, 1.54) is 6.07 Å². The summed E-state index contributed by atoms with van der Waals surface area (Å²) in [6.45, 7) is 4.92. The van der Waals surface area contributed by atoms with Gasteiger partial charge in [0.2, 0.25) is 0 Å². The van der Waals surface area contributed by atoms with E-state index in [4.69, 9.17) is 17.4 Å². The molecule has 0 spiro atoms. The zero-order chi connectivity index (χ0) is 16.8. The minimum absolute atomic E-state index is 0.0991. The predicted octanol–water partition coefficient (Wildman–Crippen LogP) is 3.86. The van der Waals surface area contributed by atoms with E-state index < -0.39 is 23.7 Å². The van der Waals surface area contributed by atoms with E-state index in [-0.39, 0.29) is 21.4 Å². The fourth-order valence-electron chi connectivity index (χ4n) is 1.92. The first-order valence-electron chi connectivity index (χ1n) is 5.86. The SMILES string of the molecule is C=C1C=C(C(F)(F)F)N(N)C(=O)N1c1cc(C)c(Cl)cc1F. The van der Waals surface area contributed by atoms with Crippen molar-refractivity contribution in [1.82, 2.24) is 5.01 Å². The fourth-order valence-corrected chi connectivity index (χ4v) is 2.07. The van der Waals surface area contributed by atoms with Crippen LogP contribution < -0.4 is 10.7 Å². The van der Waals surface area contributed by atoms with Crippen LogP contribution in [0, 0.1) is 12.7 Å². The summed E-state index contributed by atoms with van der Waals surface area (Å²) in [6, 6.07) is 0.901. The third-order valence-electron chi connectivity index (χ3n) is 3.01. The number of nitrogens with zero attached hydrogens (tertiary/aromatic N) is 2. The number of carbonyl (C=O) groups is 1. The lowest BCUT2D eigenvalue weighted by molar-refractivity contribution is -0.108. The Bertz CT molecular complexity index is 699. The average molecular weight is 336 g/mol. The summed E-state index contributed by atoms with van der Waals surface area (Å²) in [7, 11) is 0. The van der Waals surface area contributed by atoms with Gasteiger partial charge in [0.1, 0.15) is 11.5 Å². The molecule has 22 heavy (non-hydrogen) atoms. The lowest BCUT2D eigenvalue weighted by atomic mass is 10.1. The Morgan fingerprint density at radius 1 is 1.32 bits per heavy atom. The highest BCUT2D eigenvalue weighted by Gasteiger charge is 2.44. The van der Waals surface area contributed by atoms with E-state index in [9.17, 15) is 22.4 Å². The molecule has 0 saturated carbocycles. The molecule has 1 aromatic carbocycles. The number of carbonyl (C=O) groups excluding carboxylic acids is 1. The van der Waals surface area contributed by atoms with Crippen LogP contribution in [0.15, 0.2) is 36.2 Å². The molecule has 9 heteroatoms. The van der Waals surface area contributed by atoms with Gasteiger partial charge in [0.25, 0.3) is 0 Å². The molecule has 0 radical (unpaired) electrons. The Kier molecular flexibility index (Phi) is 3.92. The smallest absolute Gasteiger partial charge is 0.259 e. The Morgan fingerprint density at radius 3 is 2.45 bits per heavy atom. The van der Waals surface area contributed by atoms with Crippen LogP contribution in [0.25, 0.3) is 0 Å². The van der Waals surface area contributed by atoms with Crippen LogP contribution in [0.5, 0.6) is 0 Å². The van der Waals surface area contributed by atoms with Crippen LogP contribution >= 0.6 is 11.6 Å². The topological polar surface area (TPSA) is 49.6 Å². The molecular formula is C13H10ClF4N3O. The van der Waals surface area contributed by atoms with Crippen LogP contribution in [0.1, 0.15) is 5.56 Å². The second-order valence-corrected chi connectivity index (χ2v) is 4.97. The molecule has 0 aromatic heterocycles. The van der Waals surface area contributed by atoms with Crippen molar-refractivity contribution in [2.45, 2.75) is 13.1 Å². The highest BCUT2D eigenvalue weighted by Crippen LogP contribution is 2.36. The van der Waals surface area contributed by atoms with Crippen LogP contribution in [0.3, 0.4) is 0 Å². The molecule has 4 nitrogen and oxygen atoms in total. The summed E-state index contributed by atoms with van der Waals surface area (Å²) in [5, 5.41) is 0.0189. The van der Waals surface area contributed by atoms with Crippen LogP contribution in [0.4, 0.5) is 28.0 Å². The minimum atomic E-state index is -4.84. The van der Waals surface area contributed by atoms with Crippen molar-refractivity contribution in [3.63, 3.8) is 0 Å². The molecule has 0 atom stereocenters. The Morgan fingerprint density at radius 2 is 1.91 bits per heavy atom. The summed E-state index contributed by atoms with van der Waals surface area (Å²) < 4.78 is 52.3. The molecule has 0 aliphatic carbocycles. The molecule has 0 bridgehead atoms. The normalized spacial score (nSPS) is 16.2. The van der Waals surface area contributed by atoms with Crippen molar-refractivity contribution in [2.24, 2.45) is 5.84 Å². The number of amides is 2. The number of nitrogens with two attached hydrogens (primary N) is 1. The maximum absolute atomic E-state index is 14.0. The number of allylic oxidation sites excluding steroid dienone is 2. The van der Waals surface area contributed by atoms with Gasteiger partial charge in [0.15, 0.2) is 0 Å². The minimum Gasteiger partial charge on any atom is -0.259 e. The van der Waals surface area contributed by atoms with E-state index in [1.807, 2.05) is 0 Å². The third-order valence-corrected chi connectivity index (χ3v) is 3.41.